The van der Waals surface area contributed by atoms with Gasteiger partial charge in [0.1, 0.15) is 22.9 Å². The van der Waals surface area contributed by atoms with Crippen molar-refractivity contribution in [2.24, 2.45) is 0 Å². The number of piperidine rings is 1. The van der Waals surface area contributed by atoms with Crippen molar-refractivity contribution >= 4 is 34.4 Å². The van der Waals surface area contributed by atoms with Gasteiger partial charge in [-0.15, -0.1) is 0 Å². The maximum absolute atomic E-state index is 11.9. The van der Waals surface area contributed by atoms with Gasteiger partial charge in [0.15, 0.2) is 0 Å². The number of nitrogens with one attached hydrogen (secondary N) is 2. The molecule has 6 nitrogen and oxygen atoms in total. The Balaban J connectivity index is 1.84. The Morgan fingerprint density at radius 2 is 2.14 bits per heavy atom. The summed E-state index contributed by atoms with van der Waals surface area (Å²) < 4.78 is 0. The zero-order chi connectivity index (χ0) is 14.4. The highest BCUT2D eigenvalue weighted by Crippen LogP contribution is 2.35. The Kier molecular flexibility index (Phi) is 2.99. The molecule has 2 fully saturated rings. The zero-order valence-corrected chi connectivity index (χ0v) is 12.2. The van der Waals surface area contributed by atoms with Gasteiger partial charge < -0.3 is 15.2 Å². The molecular formula is C14H16ClN5O. The molecule has 0 aromatic carbocycles. The van der Waals surface area contributed by atoms with Crippen molar-refractivity contribution in [2.45, 2.75) is 37.8 Å². The third-order valence-corrected chi connectivity index (χ3v) is 4.64. The van der Waals surface area contributed by atoms with Crippen LogP contribution in [0, 0.1) is 0 Å². The first-order valence-electron chi connectivity index (χ1n) is 7.26. The second kappa shape index (κ2) is 4.87. The number of aromatic amines is 1. The molecule has 2 bridgehead atoms. The molecule has 0 spiro atoms. The number of hydrogen-bond acceptors (Lipinski definition) is 4. The van der Waals surface area contributed by atoms with E-state index >= 15 is 0 Å². The number of H-pyrrole nitrogens is 1. The van der Waals surface area contributed by atoms with Gasteiger partial charge in [-0.2, -0.15) is 0 Å². The van der Waals surface area contributed by atoms with Crippen LogP contribution in [0.25, 0.3) is 11.0 Å². The summed E-state index contributed by atoms with van der Waals surface area (Å²) in [6.45, 7) is 0.680. The van der Waals surface area contributed by atoms with E-state index < -0.39 is 0 Å². The van der Waals surface area contributed by atoms with Crippen LogP contribution >= 0.6 is 11.6 Å². The predicted octanol–water partition coefficient (Wildman–Crippen LogP) is 1.86. The van der Waals surface area contributed by atoms with Crippen LogP contribution in [-0.4, -0.2) is 39.5 Å². The quantitative estimate of drug-likeness (QED) is 0.843. The van der Waals surface area contributed by atoms with Crippen molar-refractivity contribution in [1.82, 2.24) is 20.3 Å². The number of carbonyl (C=O) groups is 1. The summed E-state index contributed by atoms with van der Waals surface area (Å²) in [5.41, 5.74) is 0.742. The van der Waals surface area contributed by atoms with E-state index in [0.29, 0.717) is 24.2 Å². The van der Waals surface area contributed by atoms with E-state index in [1.54, 1.807) is 6.33 Å². The molecule has 4 heterocycles. The lowest BCUT2D eigenvalue weighted by molar-refractivity contribution is -0.121. The molecule has 7 heteroatoms. The van der Waals surface area contributed by atoms with Crippen molar-refractivity contribution in [2.75, 3.05) is 11.4 Å². The first kappa shape index (κ1) is 12.9. The molecular weight excluding hydrogens is 290 g/mol. The van der Waals surface area contributed by atoms with Gasteiger partial charge in [-0.3, -0.25) is 4.79 Å². The van der Waals surface area contributed by atoms with E-state index in [1.807, 2.05) is 6.07 Å². The molecule has 0 radical (unpaired) electrons. The summed E-state index contributed by atoms with van der Waals surface area (Å²) in [4.78, 5) is 25.9. The molecule has 0 unspecified atom stereocenters. The number of fused-ring (bicyclic) bond motifs is 3. The molecule has 2 atom stereocenters. The molecule has 2 aliphatic heterocycles. The largest absolute Gasteiger partial charge is 0.354 e. The molecule has 110 valence electrons. The number of anilines is 1. The number of halogens is 1. The minimum absolute atomic E-state index is 0.131. The highest BCUT2D eigenvalue weighted by Gasteiger charge is 2.36. The average Bonchev–Trinajstić information content (AvgIpc) is 2.81. The maximum Gasteiger partial charge on any atom is 0.222 e. The Morgan fingerprint density at radius 3 is 3.05 bits per heavy atom. The van der Waals surface area contributed by atoms with Gasteiger partial charge >= 0.3 is 0 Å². The highest BCUT2D eigenvalue weighted by atomic mass is 35.5. The first-order chi connectivity index (χ1) is 10.2. The fraction of sp³-hybridized carbons (Fsp3) is 0.500. The van der Waals surface area contributed by atoms with Crippen LogP contribution in [0.3, 0.4) is 0 Å². The summed E-state index contributed by atoms with van der Waals surface area (Å²) in [5.74, 6) is 1.01. The minimum Gasteiger partial charge on any atom is -0.354 e. The Morgan fingerprint density at radius 1 is 1.29 bits per heavy atom. The van der Waals surface area contributed by atoms with Gasteiger partial charge in [0.25, 0.3) is 0 Å². The first-order valence-corrected chi connectivity index (χ1v) is 7.64. The fourth-order valence-electron chi connectivity index (χ4n) is 3.53. The topological polar surface area (TPSA) is 73.9 Å². The van der Waals surface area contributed by atoms with Crippen LogP contribution in [0.2, 0.25) is 5.15 Å². The number of nitrogens with zero attached hydrogens (tertiary/aromatic N) is 3. The van der Waals surface area contributed by atoms with Crippen LogP contribution < -0.4 is 10.2 Å². The normalized spacial score (nSPS) is 25.8. The molecule has 2 aliphatic rings. The lowest BCUT2D eigenvalue weighted by atomic mass is 9.94. The number of hydrogen-bond donors (Lipinski definition) is 2. The van der Waals surface area contributed by atoms with Crippen molar-refractivity contribution in [3.05, 3.63) is 17.5 Å². The van der Waals surface area contributed by atoms with E-state index in [1.165, 1.54) is 0 Å². The SMILES string of the molecule is O=C1C[C@H]2CCC[C@@H](CN1)N2c1ncnc2[nH]c(Cl)cc12. The summed E-state index contributed by atoms with van der Waals surface area (Å²) in [6.07, 6.45) is 5.33. The van der Waals surface area contributed by atoms with Gasteiger partial charge in [0.2, 0.25) is 5.91 Å². The lowest BCUT2D eigenvalue weighted by Crippen LogP contribution is -2.48. The molecule has 21 heavy (non-hydrogen) atoms. The molecule has 0 saturated carbocycles. The average molecular weight is 306 g/mol. The second-order valence-electron chi connectivity index (χ2n) is 5.73. The van der Waals surface area contributed by atoms with Crippen LogP contribution in [-0.2, 0) is 4.79 Å². The maximum atomic E-state index is 11.9. The van der Waals surface area contributed by atoms with Crippen LogP contribution in [0.4, 0.5) is 5.82 Å². The van der Waals surface area contributed by atoms with E-state index in [2.05, 4.69) is 25.2 Å². The standard InChI is InChI=1S/C14H16ClN5O/c15-11-5-10-13(19-11)17-7-18-14(10)20-8-2-1-3-9(20)6-16-12(21)4-8/h5,7-9H,1-4,6H2,(H,16,21)(H,17,18,19)/t8-,9+/m1/s1. The van der Waals surface area contributed by atoms with Crippen molar-refractivity contribution in [3.8, 4) is 0 Å². The van der Waals surface area contributed by atoms with Crippen LogP contribution in [0.1, 0.15) is 25.7 Å². The monoisotopic (exact) mass is 305 g/mol. The van der Waals surface area contributed by atoms with Gasteiger partial charge in [0, 0.05) is 25.0 Å². The van der Waals surface area contributed by atoms with E-state index in [-0.39, 0.29) is 11.9 Å². The van der Waals surface area contributed by atoms with Crippen molar-refractivity contribution in [1.29, 1.82) is 0 Å². The van der Waals surface area contributed by atoms with Gasteiger partial charge in [0.05, 0.1) is 5.39 Å². The molecule has 4 rings (SSSR count). The van der Waals surface area contributed by atoms with Crippen molar-refractivity contribution in [3.63, 3.8) is 0 Å². The number of rotatable bonds is 1. The minimum atomic E-state index is 0.131. The molecule has 2 aromatic heterocycles. The summed E-state index contributed by atoms with van der Waals surface area (Å²) >= 11 is 6.06. The number of aromatic nitrogens is 3. The summed E-state index contributed by atoms with van der Waals surface area (Å²) in [7, 11) is 0. The van der Waals surface area contributed by atoms with Gasteiger partial charge in [-0.1, -0.05) is 11.6 Å². The predicted molar refractivity (Wildman–Crippen MR) is 80.4 cm³/mol. The zero-order valence-electron chi connectivity index (χ0n) is 11.5. The molecule has 2 saturated heterocycles. The van der Waals surface area contributed by atoms with Crippen LogP contribution in [0.15, 0.2) is 12.4 Å². The number of amides is 1. The van der Waals surface area contributed by atoms with Gasteiger partial charge in [-0.25, -0.2) is 9.97 Å². The fourth-order valence-corrected chi connectivity index (χ4v) is 3.73. The smallest absolute Gasteiger partial charge is 0.222 e. The number of carbonyl (C=O) groups excluding carboxylic acids is 1. The summed E-state index contributed by atoms with van der Waals surface area (Å²) in [5, 5.41) is 4.49. The highest BCUT2D eigenvalue weighted by molar-refractivity contribution is 6.30. The van der Waals surface area contributed by atoms with Crippen molar-refractivity contribution < 1.29 is 4.79 Å². The van der Waals surface area contributed by atoms with E-state index in [0.717, 1.165) is 36.1 Å². The molecule has 2 N–H and O–H groups in total. The Labute approximate surface area is 126 Å². The van der Waals surface area contributed by atoms with E-state index in [4.69, 9.17) is 11.6 Å². The lowest BCUT2D eigenvalue weighted by Gasteiger charge is -2.41. The second-order valence-corrected chi connectivity index (χ2v) is 6.14. The van der Waals surface area contributed by atoms with E-state index in [9.17, 15) is 4.79 Å². The molecule has 0 aliphatic carbocycles. The summed E-state index contributed by atoms with van der Waals surface area (Å²) in [6, 6.07) is 2.36. The van der Waals surface area contributed by atoms with Crippen LogP contribution in [0.5, 0.6) is 0 Å². The Bertz CT molecular complexity index is 700. The third-order valence-electron chi connectivity index (χ3n) is 4.43. The third kappa shape index (κ3) is 2.14. The Hall–Kier alpha value is -1.82. The molecule has 2 aromatic rings. The van der Waals surface area contributed by atoms with Gasteiger partial charge in [-0.05, 0) is 25.3 Å². The molecule has 1 amide bonds.